The molecule has 2 fully saturated rings. The van der Waals surface area contributed by atoms with Gasteiger partial charge in [-0.15, -0.1) is 0 Å². The maximum atomic E-state index is 13.9. The summed E-state index contributed by atoms with van der Waals surface area (Å²) in [4.78, 5) is 48.9. The van der Waals surface area contributed by atoms with E-state index in [4.69, 9.17) is 0 Å². The molecule has 3 aliphatic rings. The predicted molar refractivity (Wildman–Crippen MR) is 135 cm³/mol. The molecule has 9 heteroatoms. The first-order valence-electron chi connectivity index (χ1n) is 12.9. The van der Waals surface area contributed by atoms with Gasteiger partial charge in [-0.3, -0.25) is 24.4 Å². The molecule has 2 aromatic heterocycles. The molecule has 3 amide bonds. The lowest BCUT2D eigenvalue weighted by molar-refractivity contribution is 0.0480. The number of pyridine rings is 2. The largest absolute Gasteiger partial charge is 0.352 e. The number of aromatic nitrogens is 2. The van der Waals surface area contributed by atoms with Crippen LogP contribution in [0.1, 0.15) is 62.3 Å². The first-order chi connectivity index (χ1) is 18.0. The molecule has 1 aromatic carbocycles. The molecular weight excluding hydrogens is 473 g/mol. The molecule has 1 saturated carbocycles. The van der Waals surface area contributed by atoms with E-state index in [-0.39, 0.29) is 29.6 Å². The second kappa shape index (κ2) is 9.53. The Kier molecular flexibility index (Phi) is 6.06. The van der Waals surface area contributed by atoms with E-state index < -0.39 is 0 Å². The summed E-state index contributed by atoms with van der Waals surface area (Å²) in [5.41, 5.74) is 2.81. The smallest absolute Gasteiger partial charge is 0.254 e. The van der Waals surface area contributed by atoms with E-state index in [1.165, 1.54) is 18.3 Å². The van der Waals surface area contributed by atoms with E-state index in [1.54, 1.807) is 24.5 Å². The lowest BCUT2D eigenvalue weighted by atomic mass is 9.73. The van der Waals surface area contributed by atoms with Crippen molar-refractivity contribution in [1.82, 2.24) is 25.5 Å². The molecule has 3 aromatic rings. The van der Waals surface area contributed by atoms with Crippen molar-refractivity contribution in [2.75, 3.05) is 19.6 Å². The van der Waals surface area contributed by atoms with Gasteiger partial charge in [0.25, 0.3) is 17.7 Å². The fourth-order valence-electron chi connectivity index (χ4n) is 6.21. The van der Waals surface area contributed by atoms with Gasteiger partial charge in [-0.25, -0.2) is 4.39 Å². The van der Waals surface area contributed by atoms with E-state index in [1.807, 2.05) is 4.90 Å². The highest BCUT2D eigenvalue weighted by atomic mass is 19.1. The van der Waals surface area contributed by atoms with E-state index in [0.717, 1.165) is 31.2 Å². The molecule has 6 rings (SSSR count). The van der Waals surface area contributed by atoms with Crippen molar-refractivity contribution < 1.29 is 18.8 Å². The van der Waals surface area contributed by atoms with Crippen molar-refractivity contribution in [2.45, 2.75) is 38.1 Å². The predicted octanol–water partition coefficient (Wildman–Crippen LogP) is 3.12. The number of likely N-dealkylation sites (tertiary alicyclic amines) is 1. The monoisotopic (exact) mass is 501 g/mol. The first-order valence-corrected chi connectivity index (χ1v) is 12.9. The van der Waals surface area contributed by atoms with Gasteiger partial charge < -0.3 is 15.5 Å². The fraction of sp³-hybridized carbons (Fsp3) is 0.393. The summed E-state index contributed by atoms with van der Waals surface area (Å²) in [6, 6.07) is 6.05. The number of nitrogens with zero attached hydrogens (tertiary/aromatic N) is 3. The van der Waals surface area contributed by atoms with Crippen LogP contribution >= 0.6 is 0 Å². The highest BCUT2D eigenvalue weighted by Gasteiger charge is 2.37. The molecule has 0 spiro atoms. The van der Waals surface area contributed by atoms with Crippen LogP contribution in [0.25, 0.3) is 10.9 Å². The number of halogens is 1. The number of benzene rings is 1. The Hall–Kier alpha value is -3.88. The number of piperidine rings is 1. The molecule has 2 N–H and O–H groups in total. The third kappa shape index (κ3) is 4.43. The number of hydrogen-bond acceptors (Lipinski definition) is 5. The van der Waals surface area contributed by atoms with Gasteiger partial charge in [0, 0.05) is 49.7 Å². The van der Waals surface area contributed by atoms with Crippen LogP contribution in [0, 0.1) is 17.7 Å². The molecule has 1 saturated heterocycles. The molecule has 0 bridgehead atoms. The SMILES string of the molecule is O=C1NCCc2c1cncc2C(=O)NC1CCC2CN(C(=O)c3ccnc4ccc(F)cc34)CCC2C1. The third-order valence-corrected chi connectivity index (χ3v) is 8.13. The number of amides is 3. The van der Waals surface area contributed by atoms with Crippen molar-refractivity contribution >= 4 is 28.6 Å². The number of carbonyl (C=O) groups excluding carboxylic acids is 3. The second-order valence-electron chi connectivity index (χ2n) is 10.3. The van der Waals surface area contributed by atoms with Crippen LogP contribution in [-0.2, 0) is 6.42 Å². The summed E-state index contributed by atoms with van der Waals surface area (Å²) in [7, 11) is 0. The Morgan fingerprint density at radius 2 is 1.97 bits per heavy atom. The Labute approximate surface area is 213 Å². The fourth-order valence-corrected chi connectivity index (χ4v) is 6.21. The maximum Gasteiger partial charge on any atom is 0.254 e. The Morgan fingerprint density at radius 1 is 1.08 bits per heavy atom. The van der Waals surface area contributed by atoms with E-state index in [9.17, 15) is 18.8 Å². The minimum absolute atomic E-state index is 0.0522. The average Bonchev–Trinajstić information content (AvgIpc) is 2.92. The normalized spacial score (nSPS) is 23.1. The lowest BCUT2D eigenvalue weighted by Gasteiger charge is -2.43. The standard InChI is InChI=1S/C28H28FN5O3/c29-18-2-4-25-22(12-18)21(6-8-31-25)28(37)34-10-7-16-11-19(3-1-17(16)15-34)33-27(36)24-14-30-13-23-20(24)5-9-32-26(23)35/h2,4,6,8,12-14,16-17,19H,1,3,5,7,9-11,15H2,(H,32,35)(H,33,36). The molecular formula is C28H28FN5O3. The molecule has 3 atom stereocenters. The van der Waals surface area contributed by atoms with Gasteiger partial charge in [0.15, 0.2) is 0 Å². The van der Waals surface area contributed by atoms with Gasteiger partial charge in [0.1, 0.15) is 5.82 Å². The zero-order valence-corrected chi connectivity index (χ0v) is 20.4. The van der Waals surface area contributed by atoms with Crippen LogP contribution in [0.15, 0.2) is 42.9 Å². The van der Waals surface area contributed by atoms with E-state index in [0.29, 0.717) is 65.5 Å². The highest BCUT2D eigenvalue weighted by Crippen LogP contribution is 2.37. The lowest BCUT2D eigenvalue weighted by Crippen LogP contribution is -2.49. The first kappa shape index (κ1) is 23.5. The van der Waals surface area contributed by atoms with Crippen molar-refractivity contribution in [3.8, 4) is 0 Å². The van der Waals surface area contributed by atoms with E-state index >= 15 is 0 Å². The topological polar surface area (TPSA) is 104 Å². The number of hydrogen-bond donors (Lipinski definition) is 2. The Morgan fingerprint density at radius 3 is 2.86 bits per heavy atom. The number of carbonyl (C=O) groups is 3. The van der Waals surface area contributed by atoms with Gasteiger partial charge in [0.05, 0.1) is 22.2 Å². The molecule has 0 radical (unpaired) electrons. The van der Waals surface area contributed by atoms with Crippen LogP contribution in [0.3, 0.4) is 0 Å². The summed E-state index contributed by atoms with van der Waals surface area (Å²) in [6.07, 6.45) is 8.77. The van der Waals surface area contributed by atoms with Crippen molar-refractivity contribution in [2.24, 2.45) is 11.8 Å². The molecule has 37 heavy (non-hydrogen) atoms. The summed E-state index contributed by atoms with van der Waals surface area (Å²) >= 11 is 0. The number of rotatable bonds is 3. The summed E-state index contributed by atoms with van der Waals surface area (Å²) in [6.45, 7) is 1.81. The van der Waals surface area contributed by atoms with Crippen LogP contribution < -0.4 is 10.6 Å². The Balaban J connectivity index is 1.11. The summed E-state index contributed by atoms with van der Waals surface area (Å²) in [5.74, 6) is -0.0446. The average molecular weight is 502 g/mol. The summed E-state index contributed by atoms with van der Waals surface area (Å²) in [5, 5.41) is 6.51. The molecule has 2 aliphatic heterocycles. The minimum atomic E-state index is -0.385. The minimum Gasteiger partial charge on any atom is -0.352 e. The van der Waals surface area contributed by atoms with Crippen LogP contribution in [0.4, 0.5) is 4.39 Å². The molecule has 190 valence electrons. The second-order valence-corrected chi connectivity index (χ2v) is 10.3. The van der Waals surface area contributed by atoms with Gasteiger partial charge >= 0.3 is 0 Å². The van der Waals surface area contributed by atoms with Gasteiger partial charge in [0.2, 0.25) is 0 Å². The van der Waals surface area contributed by atoms with Gasteiger partial charge in [-0.05, 0) is 73.8 Å². The van der Waals surface area contributed by atoms with Crippen LogP contribution in [-0.4, -0.2) is 58.3 Å². The van der Waals surface area contributed by atoms with Crippen LogP contribution in [0.5, 0.6) is 0 Å². The molecule has 3 unspecified atom stereocenters. The Bertz CT molecular complexity index is 1410. The quantitative estimate of drug-likeness (QED) is 0.574. The maximum absolute atomic E-state index is 13.9. The van der Waals surface area contributed by atoms with E-state index in [2.05, 4.69) is 20.6 Å². The zero-order chi connectivity index (χ0) is 25.5. The van der Waals surface area contributed by atoms with Gasteiger partial charge in [-0.1, -0.05) is 0 Å². The molecule has 4 heterocycles. The van der Waals surface area contributed by atoms with Crippen molar-refractivity contribution in [1.29, 1.82) is 0 Å². The third-order valence-electron chi connectivity index (χ3n) is 8.13. The summed E-state index contributed by atoms with van der Waals surface area (Å²) < 4.78 is 13.9. The number of fused-ring (bicyclic) bond motifs is 3. The zero-order valence-electron chi connectivity index (χ0n) is 20.4. The number of nitrogens with one attached hydrogen (secondary N) is 2. The molecule has 8 nitrogen and oxygen atoms in total. The van der Waals surface area contributed by atoms with Gasteiger partial charge in [-0.2, -0.15) is 0 Å². The van der Waals surface area contributed by atoms with Crippen molar-refractivity contribution in [3.05, 3.63) is 70.9 Å². The molecule has 1 aliphatic carbocycles. The van der Waals surface area contributed by atoms with Crippen LogP contribution in [0.2, 0.25) is 0 Å². The van der Waals surface area contributed by atoms with Crippen molar-refractivity contribution in [3.63, 3.8) is 0 Å². The highest BCUT2D eigenvalue weighted by molar-refractivity contribution is 6.06.